The molecule has 1 fully saturated rings. The van der Waals surface area contributed by atoms with E-state index in [0.717, 1.165) is 24.1 Å². The third kappa shape index (κ3) is 2.53. The Labute approximate surface area is 123 Å². The van der Waals surface area contributed by atoms with Gasteiger partial charge in [-0.15, -0.1) is 0 Å². The Balaban J connectivity index is 1.38. The van der Waals surface area contributed by atoms with Gasteiger partial charge in [0.05, 0.1) is 13.2 Å². The monoisotopic (exact) mass is 285 g/mol. The van der Waals surface area contributed by atoms with Crippen LogP contribution in [0.25, 0.3) is 0 Å². The first-order valence-electron chi connectivity index (χ1n) is 7.59. The molecule has 110 valence electrons. The lowest BCUT2D eigenvalue weighted by atomic mass is 9.94. The first-order chi connectivity index (χ1) is 10.3. The van der Waals surface area contributed by atoms with E-state index < -0.39 is 0 Å². The van der Waals surface area contributed by atoms with Crippen LogP contribution in [0.15, 0.2) is 28.8 Å². The minimum atomic E-state index is 0.302. The molecule has 2 heterocycles. The number of nitrogens with zero attached hydrogens (tertiary/aromatic N) is 2. The molecule has 2 aliphatic rings. The van der Waals surface area contributed by atoms with Gasteiger partial charge in [0.2, 0.25) is 5.89 Å². The van der Waals surface area contributed by atoms with Gasteiger partial charge in [-0.25, -0.2) is 0 Å². The molecule has 0 radical (unpaired) electrons. The Bertz CT molecular complexity index is 636. The third-order valence-corrected chi connectivity index (χ3v) is 4.33. The zero-order valence-corrected chi connectivity index (χ0v) is 12.1. The largest absolute Gasteiger partial charge is 0.493 e. The lowest BCUT2D eigenvalue weighted by molar-refractivity contribution is 0.302. The number of nitrogens with one attached hydrogen (secondary N) is 1. The summed E-state index contributed by atoms with van der Waals surface area (Å²) in [5.41, 5.74) is 1.28. The predicted molar refractivity (Wildman–Crippen MR) is 77.3 cm³/mol. The van der Waals surface area contributed by atoms with Crippen molar-refractivity contribution in [1.29, 1.82) is 0 Å². The van der Waals surface area contributed by atoms with Crippen LogP contribution in [0.3, 0.4) is 0 Å². The second-order valence-electron chi connectivity index (χ2n) is 5.95. The fourth-order valence-electron chi connectivity index (χ4n) is 2.83. The van der Waals surface area contributed by atoms with Crippen molar-refractivity contribution in [2.24, 2.45) is 0 Å². The number of hydrogen-bond acceptors (Lipinski definition) is 5. The van der Waals surface area contributed by atoms with Crippen molar-refractivity contribution in [3.63, 3.8) is 0 Å². The van der Waals surface area contributed by atoms with Gasteiger partial charge in [-0.1, -0.05) is 23.4 Å². The Kier molecular flexibility index (Phi) is 3.15. The first kappa shape index (κ1) is 12.8. The van der Waals surface area contributed by atoms with Crippen molar-refractivity contribution in [2.45, 2.75) is 44.2 Å². The van der Waals surface area contributed by atoms with E-state index in [1.165, 1.54) is 18.4 Å². The minimum absolute atomic E-state index is 0.302. The number of hydrogen-bond donors (Lipinski definition) is 1. The molecular weight excluding hydrogens is 266 g/mol. The predicted octanol–water partition coefficient (Wildman–Crippen LogP) is 2.60. The van der Waals surface area contributed by atoms with Crippen LogP contribution in [0.1, 0.15) is 48.9 Å². The van der Waals surface area contributed by atoms with Crippen LogP contribution in [-0.4, -0.2) is 22.8 Å². The number of para-hydroxylation sites is 1. The smallest absolute Gasteiger partial charge is 0.229 e. The number of rotatable bonds is 5. The average Bonchev–Trinajstić information content (AvgIpc) is 3.10. The highest BCUT2D eigenvalue weighted by Crippen LogP contribution is 2.39. The Morgan fingerprint density at radius 1 is 1.33 bits per heavy atom. The van der Waals surface area contributed by atoms with Gasteiger partial charge in [0, 0.05) is 23.4 Å². The molecule has 0 saturated heterocycles. The lowest BCUT2D eigenvalue weighted by Gasteiger charge is -2.18. The maximum absolute atomic E-state index is 5.74. The fourth-order valence-corrected chi connectivity index (χ4v) is 2.83. The molecule has 5 nitrogen and oxygen atoms in total. The number of fused-ring (bicyclic) bond motifs is 1. The van der Waals surface area contributed by atoms with Crippen LogP contribution >= 0.6 is 0 Å². The second-order valence-corrected chi connectivity index (χ2v) is 5.95. The number of ether oxygens (including phenoxy) is 1. The van der Waals surface area contributed by atoms with Crippen LogP contribution in [0.2, 0.25) is 0 Å². The van der Waals surface area contributed by atoms with Crippen molar-refractivity contribution >= 4 is 0 Å². The van der Waals surface area contributed by atoms with Crippen LogP contribution in [0.5, 0.6) is 5.75 Å². The highest BCUT2D eigenvalue weighted by atomic mass is 16.5. The zero-order chi connectivity index (χ0) is 14.2. The molecule has 1 aliphatic heterocycles. The standard InChI is InChI=1S/C16H19N3O2/c1-10(13-9-20-14-5-3-2-4-12(13)14)17-8-15-18-16(21-19-15)11-6-7-11/h2-5,10-11,13,17H,6-9H2,1H3/t10-,13+/m1/s1. The minimum Gasteiger partial charge on any atom is -0.493 e. The molecule has 1 aliphatic carbocycles. The molecule has 1 aromatic heterocycles. The Morgan fingerprint density at radius 2 is 2.19 bits per heavy atom. The number of benzene rings is 1. The molecule has 0 unspecified atom stereocenters. The van der Waals surface area contributed by atoms with E-state index in [1.54, 1.807) is 0 Å². The molecule has 0 spiro atoms. The second kappa shape index (κ2) is 5.15. The summed E-state index contributed by atoms with van der Waals surface area (Å²) < 4.78 is 11.0. The van der Waals surface area contributed by atoms with Crippen LogP contribution in [-0.2, 0) is 6.54 Å². The third-order valence-electron chi connectivity index (χ3n) is 4.33. The summed E-state index contributed by atoms with van der Waals surface area (Å²) in [6.45, 7) is 3.54. The molecule has 1 saturated carbocycles. The summed E-state index contributed by atoms with van der Waals surface area (Å²) in [4.78, 5) is 4.44. The molecule has 21 heavy (non-hydrogen) atoms. The highest BCUT2D eigenvalue weighted by molar-refractivity contribution is 5.40. The van der Waals surface area contributed by atoms with E-state index in [9.17, 15) is 0 Å². The summed E-state index contributed by atoms with van der Waals surface area (Å²) in [5.74, 6) is 3.44. The van der Waals surface area contributed by atoms with Gasteiger partial charge in [-0.3, -0.25) is 0 Å². The topological polar surface area (TPSA) is 60.2 Å². The van der Waals surface area contributed by atoms with Crippen molar-refractivity contribution in [3.8, 4) is 5.75 Å². The summed E-state index contributed by atoms with van der Waals surface area (Å²) in [6.07, 6.45) is 2.36. The summed E-state index contributed by atoms with van der Waals surface area (Å²) in [5, 5.41) is 7.53. The van der Waals surface area contributed by atoms with E-state index in [1.807, 2.05) is 12.1 Å². The van der Waals surface area contributed by atoms with Crippen LogP contribution < -0.4 is 10.1 Å². The van der Waals surface area contributed by atoms with E-state index in [-0.39, 0.29) is 0 Å². The zero-order valence-electron chi connectivity index (χ0n) is 12.1. The van der Waals surface area contributed by atoms with Crippen LogP contribution in [0.4, 0.5) is 0 Å². The van der Waals surface area contributed by atoms with Gasteiger partial charge in [0.25, 0.3) is 0 Å². The fraction of sp³-hybridized carbons (Fsp3) is 0.500. The van der Waals surface area contributed by atoms with Gasteiger partial charge < -0.3 is 14.6 Å². The van der Waals surface area contributed by atoms with Gasteiger partial charge in [0.1, 0.15) is 5.75 Å². The van der Waals surface area contributed by atoms with Gasteiger partial charge in [-0.2, -0.15) is 4.98 Å². The van der Waals surface area contributed by atoms with E-state index in [4.69, 9.17) is 9.26 Å². The molecule has 2 aromatic rings. The van der Waals surface area contributed by atoms with E-state index in [2.05, 4.69) is 34.5 Å². The SMILES string of the molecule is C[C@@H](NCc1noc(C2CC2)n1)[C@@H]1COc2ccccc21. The van der Waals surface area contributed by atoms with Crippen molar-refractivity contribution in [3.05, 3.63) is 41.5 Å². The Hall–Kier alpha value is -1.88. The molecule has 1 aromatic carbocycles. The Morgan fingerprint density at radius 3 is 3.05 bits per heavy atom. The molecule has 4 rings (SSSR count). The van der Waals surface area contributed by atoms with E-state index >= 15 is 0 Å². The highest BCUT2D eigenvalue weighted by Gasteiger charge is 2.30. The maximum Gasteiger partial charge on any atom is 0.229 e. The summed E-state index contributed by atoms with van der Waals surface area (Å²) >= 11 is 0. The first-order valence-corrected chi connectivity index (χ1v) is 7.59. The summed E-state index contributed by atoms with van der Waals surface area (Å²) in [7, 11) is 0. The van der Waals surface area contributed by atoms with Crippen LogP contribution in [0, 0.1) is 0 Å². The van der Waals surface area contributed by atoms with Gasteiger partial charge in [-0.05, 0) is 25.8 Å². The lowest BCUT2D eigenvalue weighted by Crippen LogP contribution is -2.32. The quantitative estimate of drug-likeness (QED) is 0.915. The molecule has 2 atom stereocenters. The maximum atomic E-state index is 5.74. The van der Waals surface area contributed by atoms with Crippen molar-refractivity contribution in [1.82, 2.24) is 15.5 Å². The molecule has 5 heteroatoms. The molecule has 0 bridgehead atoms. The molecule has 0 amide bonds. The normalized spacial score (nSPS) is 21.9. The van der Waals surface area contributed by atoms with Crippen molar-refractivity contribution in [2.75, 3.05) is 6.61 Å². The van der Waals surface area contributed by atoms with E-state index in [0.29, 0.717) is 24.4 Å². The van der Waals surface area contributed by atoms with Gasteiger partial charge in [0.15, 0.2) is 5.82 Å². The number of aromatic nitrogens is 2. The molecular formula is C16H19N3O2. The van der Waals surface area contributed by atoms with Crippen molar-refractivity contribution < 1.29 is 9.26 Å². The van der Waals surface area contributed by atoms with Gasteiger partial charge >= 0.3 is 0 Å². The average molecular weight is 285 g/mol. The summed E-state index contributed by atoms with van der Waals surface area (Å²) in [6, 6.07) is 8.55. The molecule has 1 N–H and O–H groups in total.